The second-order valence-corrected chi connectivity index (χ2v) is 10.1. The molecule has 2 radical (unpaired) electrons. The molecule has 1 saturated heterocycles. The van der Waals surface area contributed by atoms with Crippen LogP contribution < -0.4 is 14.5 Å². The first-order chi connectivity index (χ1) is 16.4. The van der Waals surface area contributed by atoms with Gasteiger partial charge in [0, 0.05) is 6.54 Å². The van der Waals surface area contributed by atoms with Gasteiger partial charge in [0.25, 0.3) is 0 Å². The zero-order valence-electron chi connectivity index (χ0n) is 19.8. The Kier molecular flexibility index (Phi) is 6.11. The van der Waals surface area contributed by atoms with Crippen LogP contribution in [0.25, 0.3) is 11.3 Å². The van der Waals surface area contributed by atoms with Crippen LogP contribution in [-0.4, -0.2) is 67.2 Å². The summed E-state index contributed by atoms with van der Waals surface area (Å²) >= 11 is 2.47. The summed E-state index contributed by atoms with van der Waals surface area (Å²) in [6.07, 6.45) is 5.48. The Morgan fingerprint density at radius 2 is 2.06 bits per heavy atom. The number of carbonyl (C=O) groups excluding carboxylic acids is 1. The number of ether oxygens (including phenoxy) is 1. The molecule has 3 aromatic rings. The van der Waals surface area contributed by atoms with Gasteiger partial charge in [0.2, 0.25) is 0 Å². The summed E-state index contributed by atoms with van der Waals surface area (Å²) in [4.78, 5) is 23.3. The molecule has 2 amide bonds. The summed E-state index contributed by atoms with van der Waals surface area (Å²) in [6.45, 7) is 8.99. The number of pyridine rings is 2. The zero-order chi connectivity index (χ0) is 23.9. The van der Waals surface area contributed by atoms with E-state index in [9.17, 15) is 4.79 Å². The Morgan fingerprint density at radius 3 is 2.82 bits per heavy atom. The van der Waals surface area contributed by atoms with Crippen molar-refractivity contribution in [1.29, 1.82) is 0 Å². The summed E-state index contributed by atoms with van der Waals surface area (Å²) in [5, 5.41) is 7.82. The van der Waals surface area contributed by atoms with Crippen LogP contribution in [-0.2, 0) is 12.0 Å². The molecule has 5 rings (SSSR count). The first-order valence-corrected chi connectivity index (χ1v) is 12.7. The van der Waals surface area contributed by atoms with Crippen molar-refractivity contribution in [2.45, 2.75) is 51.7 Å². The van der Waals surface area contributed by atoms with Crippen LogP contribution in [0.15, 0.2) is 36.7 Å². The third-order valence-corrected chi connectivity index (χ3v) is 7.58. The molecule has 1 N–H and O–H groups in total. The van der Waals surface area contributed by atoms with Crippen molar-refractivity contribution in [2.75, 3.05) is 19.6 Å². The number of urea groups is 1. The first kappa shape index (κ1) is 22.9. The van der Waals surface area contributed by atoms with Crippen LogP contribution in [0.5, 0.6) is 5.75 Å². The van der Waals surface area contributed by atoms with E-state index in [4.69, 9.17) is 9.84 Å². The Balaban J connectivity index is 1.37. The number of aromatic nitrogens is 4. The molecule has 1 spiro atoms. The molecule has 5 heterocycles. The molecule has 2 atom stereocenters. The number of likely N-dealkylation sites (tertiary alicyclic amines) is 1. The normalized spacial score (nSPS) is 19.9. The zero-order valence-corrected chi connectivity index (χ0v) is 21.7. The van der Waals surface area contributed by atoms with E-state index >= 15 is 0 Å². The van der Waals surface area contributed by atoms with Crippen LogP contribution in [0.1, 0.15) is 49.7 Å². The first-order valence-electron chi connectivity index (χ1n) is 11.8. The predicted octanol–water partition coefficient (Wildman–Crippen LogP) is 2.66. The second kappa shape index (κ2) is 9.06. The molecule has 3 aromatic heterocycles. The van der Waals surface area contributed by atoms with Crippen molar-refractivity contribution >= 4 is 27.4 Å². The van der Waals surface area contributed by atoms with E-state index in [1.165, 1.54) is 5.69 Å². The average molecular weight is 520 g/mol. The maximum atomic E-state index is 12.4. The van der Waals surface area contributed by atoms with E-state index in [0.29, 0.717) is 12.3 Å². The number of hydrogen-bond donors (Lipinski definition) is 1. The Hall–Kier alpha value is -2.86. The van der Waals surface area contributed by atoms with Crippen molar-refractivity contribution in [1.82, 2.24) is 30.0 Å². The Morgan fingerprint density at radius 1 is 1.24 bits per heavy atom. The quantitative estimate of drug-likeness (QED) is 0.523. The average Bonchev–Trinajstić information content (AvgIpc) is 3.53. The van der Waals surface area contributed by atoms with Crippen molar-refractivity contribution in [3.63, 3.8) is 0 Å². The fourth-order valence-corrected chi connectivity index (χ4v) is 5.33. The van der Waals surface area contributed by atoms with Crippen LogP contribution in [0.2, 0.25) is 0 Å². The maximum absolute atomic E-state index is 12.4. The summed E-state index contributed by atoms with van der Waals surface area (Å²) < 4.78 is 9.11. The van der Waals surface area contributed by atoms with Gasteiger partial charge >= 0.3 is 195 Å². The van der Waals surface area contributed by atoms with E-state index in [1.54, 1.807) is 0 Å². The Labute approximate surface area is 208 Å². The third-order valence-electron chi connectivity index (χ3n) is 6.88. The van der Waals surface area contributed by atoms with Gasteiger partial charge < -0.3 is 0 Å². The number of rotatable bonds is 5. The van der Waals surface area contributed by atoms with Gasteiger partial charge in [0.05, 0.1) is 0 Å². The molecule has 1 unspecified atom stereocenters. The van der Waals surface area contributed by atoms with Crippen molar-refractivity contribution in [3.05, 3.63) is 53.6 Å². The van der Waals surface area contributed by atoms with Gasteiger partial charge in [-0.05, 0) is 6.92 Å². The number of carbonyl (C=O) groups is 1. The van der Waals surface area contributed by atoms with Gasteiger partial charge in [0.15, 0.2) is 0 Å². The molecular weight excluding hydrogens is 491 g/mol. The minimum absolute atomic E-state index is 0.0176. The summed E-state index contributed by atoms with van der Waals surface area (Å²) in [6, 6.07) is 8.23. The van der Waals surface area contributed by atoms with Gasteiger partial charge in [-0.15, -0.1) is 0 Å². The van der Waals surface area contributed by atoms with Gasteiger partial charge in [-0.2, -0.15) is 0 Å². The van der Waals surface area contributed by atoms with E-state index in [0.717, 1.165) is 59.5 Å². The molecule has 0 saturated carbocycles. The number of nitrogens with zero attached hydrogens (tertiary/aromatic N) is 5. The van der Waals surface area contributed by atoms with E-state index in [2.05, 4.69) is 42.9 Å². The van der Waals surface area contributed by atoms with E-state index in [1.807, 2.05) is 56.3 Å². The predicted molar refractivity (Wildman–Crippen MR) is 130 cm³/mol. The monoisotopic (exact) mass is 520 g/mol. The summed E-state index contributed by atoms with van der Waals surface area (Å²) in [5.74, 6) is 0.707. The van der Waals surface area contributed by atoms with E-state index < -0.39 is 0 Å². The standard InChI is InChI=1S/C25H29AsN6O2/c1-4-27-24(33)31-9-7-25(15-31)8-10-32-22(25)12-20(30-32)18-11-21(23(26)29-14-18)34-17(3)19-6-5-16(2)13-28-19/h5-6,11-14,17H,4,7-10,15H2,1-3H3,(H,27,33)/t17?,25-/m1/s1. The van der Waals surface area contributed by atoms with Crippen LogP contribution in [0.4, 0.5) is 4.79 Å². The van der Waals surface area contributed by atoms with Gasteiger partial charge in [-0.1, -0.05) is 0 Å². The van der Waals surface area contributed by atoms with Crippen molar-refractivity contribution < 1.29 is 9.53 Å². The SMILES string of the molecule is CCNC(=O)N1CC[C@@]2(CCn3nc(-c4cnc([As])c(OC(C)c5ccc(C)cn5)c4)cc32)C1. The number of nitrogens with one attached hydrogen (secondary N) is 1. The van der Waals surface area contributed by atoms with Crippen molar-refractivity contribution in [2.24, 2.45) is 0 Å². The summed E-state index contributed by atoms with van der Waals surface area (Å²) in [5.41, 5.74) is 5.00. The molecule has 8 nitrogen and oxygen atoms in total. The van der Waals surface area contributed by atoms with Crippen LogP contribution in [0, 0.1) is 6.92 Å². The molecule has 2 aliphatic heterocycles. The molecule has 0 aromatic carbocycles. The van der Waals surface area contributed by atoms with Crippen molar-refractivity contribution in [3.8, 4) is 17.0 Å². The number of amides is 2. The fourth-order valence-electron chi connectivity index (χ4n) is 4.96. The van der Waals surface area contributed by atoms with Gasteiger partial charge in [-0.25, -0.2) is 0 Å². The van der Waals surface area contributed by atoms with Crippen LogP contribution in [0.3, 0.4) is 0 Å². The van der Waals surface area contributed by atoms with E-state index in [-0.39, 0.29) is 17.6 Å². The third kappa shape index (κ3) is 4.20. The number of aryl methyl sites for hydroxylation is 2. The molecule has 9 heteroatoms. The number of hydrogen-bond acceptors (Lipinski definition) is 5. The molecule has 1 fully saturated rings. The molecular formula is C25H29AsN6O2. The molecule has 2 aliphatic rings. The van der Waals surface area contributed by atoms with Gasteiger partial charge in [-0.3, -0.25) is 0 Å². The Bertz CT molecular complexity index is 1210. The topological polar surface area (TPSA) is 85.2 Å². The van der Waals surface area contributed by atoms with Crippen LogP contribution >= 0.6 is 0 Å². The summed E-state index contributed by atoms with van der Waals surface area (Å²) in [7, 11) is 0. The minimum atomic E-state index is -0.199. The molecule has 0 aliphatic carbocycles. The molecule has 0 bridgehead atoms. The molecule has 176 valence electrons. The number of fused-ring (bicyclic) bond motifs is 2. The molecule has 34 heavy (non-hydrogen) atoms. The second-order valence-electron chi connectivity index (χ2n) is 9.24. The van der Waals surface area contributed by atoms with Gasteiger partial charge in [0.1, 0.15) is 0 Å². The fraction of sp³-hybridized carbons (Fsp3) is 0.440.